The van der Waals surface area contributed by atoms with E-state index in [1.807, 2.05) is 0 Å². The number of halogens is 2. The van der Waals surface area contributed by atoms with Gasteiger partial charge in [-0.05, 0) is 28.1 Å². The van der Waals surface area contributed by atoms with Crippen molar-refractivity contribution in [3.8, 4) is 0 Å². The number of aromatic carboxylic acids is 1. The van der Waals surface area contributed by atoms with Crippen LogP contribution in [0.1, 0.15) is 20.7 Å². The van der Waals surface area contributed by atoms with E-state index in [2.05, 4.69) is 20.7 Å². The zero-order valence-corrected chi connectivity index (χ0v) is 9.92. The predicted octanol–water partition coefficient (Wildman–Crippen LogP) is 2.59. The molecule has 0 fully saturated rings. The first kappa shape index (κ1) is 12.0. The highest BCUT2D eigenvalue weighted by molar-refractivity contribution is 9.10. The van der Waals surface area contributed by atoms with E-state index in [0.717, 1.165) is 0 Å². The third-order valence-electron chi connectivity index (χ3n) is 1.69. The molecule has 1 aromatic rings. The summed E-state index contributed by atoms with van der Waals surface area (Å²) in [6, 6.07) is 2.51. The van der Waals surface area contributed by atoms with Crippen molar-refractivity contribution in [3.63, 3.8) is 0 Å². The molecule has 15 heavy (non-hydrogen) atoms. The van der Waals surface area contributed by atoms with E-state index in [1.54, 1.807) is 0 Å². The van der Waals surface area contributed by atoms with E-state index in [9.17, 15) is 9.59 Å². The van der Waals surface area contributed by atoms with Gasteiger partial charge in [-0.25, -0.2) is 9.59 Å². The van der Waals surface area contributed by atoms with Crippen LogP contribution in [-0.2, 0) is 4.74 Å². The highest BCUT2D eigenvalue weighted by Gasteiger charge is 2.16. The second-order valence-electron chi connectivity index (χ2n) is 2.61. The molecule has 1 aromatic carbocycles. The molecule has 0 radical (unpaired) electrons. The van der Waals surface area contributed by atoms with Crippen LogP contribution in [0, 0.1) is 0 Å². The second-order valence-corrected chi connectivity index (χ2v) is 3.87. The fourth-order valence-electron chi connectivity index (χ4n) is 0.977. The van der Waals surface area contributed by atoms with E-state index in [-0.39, 0.29) is 20.6 Å². The van der Waals surface area contributed by atoms with Gasteiger partial charge in [-0.2, -0.15) is 0 Å². The summed E-state index contributed by atoms with van der Waals surface area (Å²) in [6.07, 6.45) is 0. The van der Waals surface area contributed by atoms with Crippen LogP contribution in [0.4, 0.5) is 0 Å². The number of carbonyl (C=O) groups excluding carboxylic acids is 1. The van der Waals surface area contributed by atoms with Crippen LogP contribution >= 0.6 is 27.5 Å². The average molecular weight is 294 g/mol. The van der Waals surface area contributed by atoms with Crippen LogP contribution in [0.5, 0.6) is 0 Å². The number of carboxylic acids is 1. The number of methoxy groups -OCH3 is 1. The van der Waals surface area contributed by atoms with Gasteiger partial charge in [0.15, 0.2) is 0 Å². The van der Waals surface area contributed by atoms with Gasteiger partial charge in [-0.3, -0.25) is 0 Å². The van der Waals surface area contributed by atoms with E-state index >= 15 is 0 Å². The van der Waals surface area contributed by atoms with Crippen molar-refractivity contribution in [1.29, 1.82) is 0 Å². The van der Waals surface area contributed by atoms with Crippen LogP contribution in [0.15, 0.2) is 16.6 Å². The fourth-order valence-corrected chi connectivity index (χ4v) is 1.73. The molecule has 0 amide bonds. The van der Waals surface area contributed by atoms with Crippen molar-refractivity contribution in [2.75, 3.05) is 7.11 Å². The minimum atomic E-state index is -1.12. The molecule has 0 spiro atoms. The molecule has 0 aliphatic rings. The number of rotatable bonds is 2. The van der Waals surface area contributed by atoms with Gasteiger partial charge in [-0.1, -0.05) is 11.6 Å². The Morgan fingerprint density at radius 2 is 2.00 bits per heavy atom. The lowest BCUT2D eigenvalue weighted by molar-refractivity contribution is 0.0598. The standard InChI is InChI=1S/C9H6BrClO4/c1-15-9(14)5-2-6(10)4(8(12)13)3-7(5)11/h2-3H,1H3,(H,12,13). The van der Waals surface area contributed by atoms with Crippen LogP contribution in [0.2, 0.25) is 5.02 Å². The highest BCUT2D eigenvalue weighted by atomic mass is 79.9. The number of esters is 1. The molecule has 80 valence electrons. The van der Waals surface area contributed by atoms with E-state index < -0.39 is 11.9 Å². The summed E-state index contributed by atoms with van der Waals surface area (Å²) in [4.78, 5) is 21.9. The molecule has 0 bridgehead atoms. The first-order valence-corrected chi connectivity index (χ1v) is 4.95. The normalized spacial score (nSPS) is 9.80. The summed E-state index contributed by atoms with van der Waals surface area (Å²) in [5.41, 5.74) is 0.115. The minimum Gasteiger partial charge on any atom is -0.478 e. The SMILES string of the molecule is COC(=O)c1cc(Br)c(C(=O)O)cc1Cl. The summed E-state index contributed by atoms with van der Waals surface area (Å²) < 4.78 is 4.76. The third kappa shape index (κ3) is 2.49. The molecule has 0 unspecified atom stereocenters. The molecule has 0 heterocycles. The topological polar surface area (TPSA) is 63.6 Å². The van der Waals surface area contributed by atoms with Gasteiger partial charge < -0.3 is 9.84 Å². The fraction of sp³-hybridized carbons (Fsp3) is 0.111. The van der Waals surface area contributed by atoms with Crippen molar-refractivity contribution in [2.45, 2.75) is 0 Å². The second kappa shape index (κ2) is 4.63. The van der Waals surface area contributed by atoms with Gasteiger partial charge in [0.1, 0.15) is 0 Å². The van der Waals surface area contributed by atoms with Crippen LogP contribution in [0.3, 0.4) is 0 Å². The molecule has 0 aliphatic heterocycles. The Labute approximate surface area is 98.9 Å². The average Bonchev–Trinajstić information content (AvgIpc) is 2.19. The van der Waals surface area contributed by atoms with Crippen molar-refractivity contribution in [1.82, 2.24) is 0 Å². The van der Waals surface area contributed by atoms with Crippen molar-refractivity contribution >= 4 is 39.5 Å². The lowest BCUT2D eigenvalue weighted by atomic mass is 10.1. The predicted molar refractivity (Wildman–Crippen MR) is 57.5 cm³/mol. The Hall–Kier alpha value is -1.07. The van der Waals surface area contributed by atoms with Crippen molar-refractivity contribution in [3.05, 3.63) is 32.8 Å². The smallest absolute Gasteiger partial charge is 0.339 e. The Morgan fingerprint density at radius 3 is 2.47 bits per heavy atom. The first-order chi connectivity index (χ1) is 6.97. The summed E-state index contributed by atoms with van der Waals surface area (Å²) in [5, 5.41) is 8.82. The molecule has 0 saturated carbocycles. The molecule has 4 nitrogen and oxygen atoms in total. The first-order valence-electron chi connectivity index (χ1n) is 3.78. The summed E-state index contributed by atoms with van der Waals surface area (Å²) >= 11 is 8.77. The molecule has 1 N–H and O–H groups in total. The molecule has 0 aromatic heterocycles. The Morgan fingerprint density at radius 1 is 1.40 bits per heavy atom. The number of carboxylic acid groups (broad SMARTS) is 1. The maximum absolute atomic E-state index is 11.2. The minimum absolute atomic E-state index is 0.00680. The Bertz CT molecular complexity index is 430. The number of hydrogen-bond donors (Lipinski definition) is 1. The van der Waals surface area contributed by atoms with Gasteiger partial charge in [0.05, 0.1) is 23.3 Å². The van der Waals surface area contributed by atoms with Gasteiger partial charge in [0.25, 0.3) is 0 Å². The van der Waals surface area contributed by atoms with Gasteiger partial charge in [0, 0.05) is 4.47 Å². The largest absolute Gasteiger partial charge is 0.478 e. The summed E-state index contributed by atoms with van der Waals surface area (Å²) in [6.45, 7) is 0. The highest BCUT2D eigenvalue weighted by Crippen LogP contribution is 2.26. The van der Waals surface area contributed by atoms with Gasteiger partial charge in [-0.15, -0.1) is 0 Å². The van der Waals surface area contributed by atoms with Crippen LogP contribution < -0.4 is 0 Å². The third-order valence-corrected chi connectivity index (χ3v) is 2.66. The Kier molecular flexibility index (Phi) is 3.71. The van der Waals surface area contributed by atoms with Crippen molar-refractivity contribution in [2.24, 2.45) is 0 Å². The van der Waals surface area contributed by atoms with Gasteiger partial charge >= 0.3 is 11.9 Å². The van der Waals surface area contributed by atoms with E-state index in [0.29, 0.717) is 0 Å². The molecular weight excluding hydrogens is 287 g/mol. The Balaban J connectivity index is 3.31. The molecule has 0 saturated heterocycles. The molecule has 0 aliphatic carbocycles. The maximum Gasteiger partial charge on any atom is 0.339 e. The monoisotopic (exact) mass is 292 g/mol. The number of ether oxygens (including phenoxy) is 1. The summed E-state index contributed by atoms with van der Waals surface area (Å²) in [7, 11) is 1.22. The zero-order chi connectivity index (χ0) is 11.6. The van der Waals surface area contributed by atoms with Gasteiger partial charge in [0.2, 0.25) is 0 Å². The molecular formula is C9H6BrClO4. The lowest BCUT2D eigenvalue weighted by Gasteiger charge is -2.05. The summed E-state index contributed by atoms with van der Waals surface area (Å²) in [5.74, 6) is -1.74. The molecule has 1 rings (SSSR count). The molecule has 6 heteroatoms. The number of carbonyl (C=O) groups is 2. The zero-order valence-electron chi connectivity index (χ0n) is 7.58. The lowest BCUT2D eigenvalue weighted by Crippen LogP contribution is -2.05. The quantitative estimate of drug-likeness (QED) is 0.851. The molecule has 0 atom stereocenters. The maximum atomic E-state index is 11.2. The van der Waals surface area contributed by atoms with Crippen LogP contribution in [-0.4, -0.2) is 24.2 Å². The number of benzene rings is 1. The van der Waals surface area contributed by atoms with E-state index in [4.69, 9.17) is 16.7 Å². The number of hydrogen-bond acceptors (Lipinski definition) is 3. The van der Waals surface area contributed by atoms with Crippen molar-refractivity contribution < 1.29 is 19.4 Å². The van der Waals surface area contributed by atoms with Crippen LogP contribution in [0.25, 0.3) is 0 Å². The van der Waals surface area contributed by atoms with E-state index in [1.165, 1.54) is 19.2 Å².